The molecule has 0 aliphatic carbocycles. The zero-order chi connectivity index (χ0) is 17.6. The van der Waals surface area contributed by atoms with E-state index in [0.29, 0.717) is 28.9 Å². The SMILES string of the molecule is CCCOc1ccccc1NC(=O)Cn1ncc(=O)c2ccccc21. The van der Waals surface area contributed by atoms with E-state index >= 15 is 0 Å². The fourth-order valence-electron chi connectivity index (χ4n) is 2.52. The molecule has 6 heteroatoms. The van der Waals surface area contributed by atoms with Crippen LogP contribution in [0.15, 0.2) is 59.5 Å². The molecule has 0 atom stereocenters. The summed E-state index contributed by atoms with van der Waals surface area (Å²) in [5.41, 5.74) is 1.08. The standard InChI is InChI=1S/C19H19N3O3/c1-2-11-25-18-10-6-4-8-15(18)21-19(24)13-22-16-9-5-3-7-14(16)17(23)12-20-22/h3-10,12H,2,11,13H2,1H3,(H,21,24). The number of benzene rings is 2. The summed E-state index contributed by atoms with van der Waals surface area (Å²) in [4.78, 5) is 24.3. The molecule has 1 N–H and O–H groups in total. The van der Waals surface area contributed by atoms with Crippen molar-refractivity contribution in [3.05, 3.63) is 65.0 Å². The summed E-state index contributed by atoms with van der Waals surface area (Å²) in [7, 11) is 0. The van der Waals surface area contributed by atoms with Gasteiger partial charge in [-0.2, -0.15) is 5.10 Å². The van der Waals surface area contributed by atoms with Crippen molar-refractivity contribution >= 4 is 22.5 Å². The molecule has 1 aromatic heterocycles. The third-order valence-corrected chi connectivity index (χ3v) is 3.68. The van der Waals surface area contributed by atoms with Crippen molar-refractivity contribution in [2.24, 2.45) is 0 Å². The van der Waals surface area contributed by atoms with Crippen LogP contribution in [0, 0.1) is 0 Å². The lowest BCUT2D eigenvalue weighted by Crippen LogP contribution is -2.22. The van der Waals surface area contributed by atoms with Gasteiger partial charge >= 0.3 is 0 Å². The zero-order valence-electron chi connectivity index (χ0n) is 13.9. The predicted octanol–water partition coefficient (Wildman–Crippen LogP) is 2.82. The number of nitrogens with one attached hydrogen (secondary N) is 1. The molecular formula is C19H19N3O3. The summed E-state index contributed by atoms with van der Waals surface area (Å²) in [6.45, 7) is 2.61. The predicted molar refractivity (Wildman–Crippen MR) is 96.9 cm³/mol. The van der Waals surface area contributed by atoms with Gasteiger partial charge in [-0.25, -0.2) is 0 Å². The van der Waals surface area contributed by atoms with E-state index in [1.54, 1.807) is 24.3 Å². The smallest absolute Gasteiger partial charge is 0.246 e. The van der Waals surface area contributed by atoms with Crippen LogP contribution in [0.25, 0.3) is 10.9 Å². The minimum atomic E-state index is -0.242. The number of hydrogen-bond donors (Lipinski definition) is 1. The summed E-state index contributed by atoms with van der Waals surface area (Å²) in [6, 6.07) is 14.4. The number of carbonyl (C=O) groups is 1. The summed E-state index contributed by atoms with van der Waals surface area (Å²) < 4.78 is 7.16. The number of fused-ring (bicyclic) bond motifs is 1. The maximum atomic E-state index is 12.4. The molecule has 3 rings (SSSR count). The summed E-state index contributed by atoms with van der Waals surface area (Å²) in [5, 5.41) is 7.46. The van der Waals surface area contributed by atoms with Crippen LogP contribution in [0.4, 0.5) is 5.69 Å². The Hall–Kier alpha value is -3.15. The molecule has 0 unspecified atom stereocenters. The van der Waals surface area contributed by atoms with E-state index in [1.165, 1.54) is 10.9 Å². The first-order valence-corrected chi connectivity index (χ1v) is 8.15. The average molecular weight is 337 g/mol. The second-order valence-electron chi connectivity index (χ2n) is 5.58. The van der Waals surface area contributed by atoms with E-state index in [4.69, 9.17) is 4.74 Å². The summed E-state index contributed by atoms with van der Waals surface area (Å²) in [5.74, 6) is 0.393. The Kier molecular flexibility index (Phi) is 5.09. The molecule has 2 aromatic carbocycles. The fourth-order valence-corrected chi connectivity index (χ4v) is 2.52. The van der Waals surface area contributed by atoms with Gasteiger partial charge in [-0.1, -0.05) is 31.2 Å². The average Bonchev–Trinajstić information content (AvgIpc) is 2.63. The normalized spacial score (nSPS) is 10.6. The van der Waals surface area contributed by atoms with Crippen LogP contribution in [-0.2, 0) is 11.3 Å². The van der Waals surface area contributed by atoms with E-state index in [9.17, 15) is 9.59 Å². The minimum absolute atomic E-state index is 0.00288. The van der Waals surface area contributed by atoms with Crippen molar-refractivity contribution in [2.75, 3.05) is 11.9 Å². The van der Waals surface area contributed by atoms with E-state index in [-0.39, 0.29) is 17.9 Å². The lowest BCUT2D eigenvalue weighted by atomic mass is 10.2. The van der Waals surface area contributed by atoms with Gasteiger partial charge in [0.05, 0.1) is 24.0 Å². The van der Waals surface area contributed by atoms with Gasteiger partial charge in [0, 0.05) is 5.39 Å². The second-order valence-corrected chi connectivity index (χ2v) is 5.58. The largest absolute Gasteiger partial charge is 0.491 e. The van der Waals surface area contributed by atoms with Crippen molar-refractivity contribution < 1.29 is 9.53 Å². The number of amides is 1. The Balaban J connectivity index is 1.80. The Morgan fingerprint density at radius 3 is 2.76 bits per heavy atom. The quantitative estimate of drug-likeness (QED) is 0.751. The molecule has 0 saturated carbocycles. The number of ether oxygens (including phenoxy) is 1. The molecule has 6 nitrogen and oxygen atoms in total. The van der Waals surface area contributed by atoms with E-state index in [0.717, 1.165) is 6.42 Å². The van der Waals surface area contributed by atoms with Crippen LogP contribution < -0.4 is 15.5 Å². The monoisotopic (exact) mass is 337 g/mol. The lowest BCUT2D eigenvalue weighted by Gasteiger charge is -2.13. The first kappa shape index (κ1) is 16.7. The zero-order valence-corrected chi connectivity index (χ0v) is 13.9. The van der Waals surface area contributed by atoms with Crippen LogP contribution in [0.2, 0.25) is 0 Å². The first-order valence-electron chi connectivity index (χ1n) is 8.15. The molecule has 128 valence electrons. The molecule has 0 radical (unpaired) electrons. The molecule has 0 fully saturated rings. The lowest BCUT2D eigenvalue weighted by molar-refractivity contribution is -0.116. The number of rotatable bonds is 6. The third-order valence-electron chi connectivity index (χ3n) is 3.68. The van der Waals surface area contributed by atoms with Gasteiger partial charge < -0.3 is 10.1 Å². The highest BCUT2D eigenvalue weighted by Crippen LogP contribution is 2.24. The number of para-hydroxylation sites is 3. The van der Waals surface area contributed by atoms with Gasteiger partial charge in [-0.15, -0.1) is 0 Å². The number of hydrogen-bond acceptors (Lipinski definition) is 4. The summed E-state index contributed by atoms with van der Waals surface area (Å²) >= 11 is 0. The van der Waals surface area contributed by atoms with E-state index < -0.39 is 0 Å². The molecule has 0 aliphatic heterocycles. The number of carbonyl (C=O) groups excluding carboxylic acids is 1. The van der Waals surface area contributed by atoms with Crippen molar-refractivity contribution in [1.29, 1.82) is 0 Å². The van der Waals surface area contributed by atoms with Crippen LogP contribution in [0.5, 0.6) is 5.75 Å². The molecular weight excluding hydrogens is 318 g/mol. The number of nitrogens with zero attached hydrogens (tertiary/aromatic N) is 2. The molecule has 0 spiro atoms. The van der Waals surface area contributed by atoms with Crippen molar-refractivity contribution in [3.63, 3.8) is 0 Å². The van der Waals surface area contributed by atoms with Crippen LogP contribution in [-0.4, -0.2) is 22.3 Å². The van der Waals surface area contributed by atoms with E-state index in [1.807, 2.05) is 31.2 Å². The molecule has 0 aliphatic rings. The molecule has 25 heavy (non-hydrogen) atoms. The van der Waals surface area contributed by atoms with Gasteiger partial charge in [0.1, 0.15) is 12.3 Å². The van der Waals surface area contributed by atoms with Crippen molar-refractivity contribution in [1.82, 2.24) is 9.78 Å². The van der Waals surface area contributed by atoms with Gasteiger partial charge in [-0.3, -0.25) is 14.3 Å². The van der Waals surface area contributed by atoms with Crippen molar-refractivity contribution in [3.8, 4) is 5.75 Å². The molecule has 3 aromatic rings. The summed E-state index contributed by atoms with van der Waals surface area (Å²) in [6.07, 6.45) is 2.11. The fraction of sp³-hybridized carbons (Fsp3) is 0.211. The van der Waals surface area contributed by atoms with Crippen LogP contribution in [0.1, 0.15) is 13.3 Å². The molecule has 1 amide bonds. The minimum Gasteiger partial charge on any atom is -0.491 e. The Morgan fingerprint density at radius 1 is 1.16 bits per heavy atom. The van der Waals surface area contributed by atoms with Crippen LogP contribution >= 0.6 is 0 Å². The van der Waals surface area contributed by atoms with E-state index in [2.05, 4.69) is 10.4 Å². The topological polar surface area (TPSA) is 73.2 Å². The Labute approximate surface area is 145 Å². The number of aromatic nitrogens is 2. The highest BCUT2D eigenvalue weighted by atomic mass is 16.5. The Morgan fingerprint density at radius 2 is 1.92 bits per heavy atom. The number of anilines is 1. The van der Waals surface area contributed by atoms with Gasteiger partial charge in [0.2, 0.25) is 11.3 Å². The van der Waals surface area contributed by atoms with Crippen LogP contribution in [0.3, 0.4) is 0 Å². The third kappa shape index (κ3) is 3.85. The highest BCUT2D eigenvalue weighted by molar-refractivity contribution is 5.93. The van der Waals surface area contributed by atoms with Gasteiger partial charge in [0.15, 0.2) is 0 Å². The highest BCUT2D eigenvalue weighted by Gasteiger charge is 2.10. The first-order chi connectivity index (χ1) is 12.2. The Bertz CT molecular complexity index is 950. The molecule has 0 saturated heterocycles. The maximum absolute atomic E-state index is 12.4. The van der Waals surface area contributed by atoms with Gasteiger partial charge in [-0.05, 0) is 30.7 Å². The van der Waals surface area contributed by atoms with Gasteiger partial charge in [0.25, 0.3) is 0 Å². The van der Waals surface area contributed by atoms with Crippen molar-refractivity contribution in [2.45, 2.75) is 19.9 Å². The molecule has 0 bridgehead atoms. The second kappa shape index (κ2) is 7.61. The maximum Gasteiger partial charge on any atom is 0.246 e. The molecule has 1 heterocycles.